The Hall–Kier alpha value is -3.45. The first-order valence-electron chi connectivity index (χ1n) is 10.8. The van der Waals surface area contributed by atoms with Crippen LogP contribution >= 0.6 is 0 Å². The summed E-state index contributed by atoms with van der Waals surface area (Å²) in [4.78, 5) is 39.7. The number of carbonyl (C=O) groups excluding carboxylic acids is 3. The number of ketones is 1. The van der Waals surface area contributed by atoms with Crippen molar-refractivity contribution in [3.63, 3.8) is 0 Å². The fraction of sp³-hybridized carbons (Fsp3) is 0.429. The Kier molecular flexibility index (Phi) is 6.57. The summed E-state index contributed by atoms with van der Waals surface area (Å²) >= 11 is 0. The van der Waals surface area contributed by atoms with Crippen LogP contribution in [0.5, 0.6) is 5.75 Å². The largest absolute Gasteiger partial charge is 0.618 e. The van der Waals surface area contributed by atoms with E-state index in [0.717, 1.165) is 10.5 Å². The minimum Gasteiger partial charge on any atom is -0.618 e. The summed E-state index contributed by atoms with van der Waals surface area (Å²) in [6, 6.07) is 2.69. The summed E-state index contributed by atoms with van der Waals surface area (Å²) in [5.74, 6) is -0.765. The first-order chi connectivity index (χ1) is 16.2. The van der Waals surface area contributed by atoms with Gasteiger partial charge in [-0.25, -0.2) is 13.2 Å². The zero-order chi connectivity index (χ0) is 24.5. The van der Waals surface area contributed by atoms with Crippen LogP contribution in [-0.2, 0) is 19.6 Å². The van der Waals surface area contributed by atoms with Crippen molar-refractivity contribution in [2.45, 2.75) is 49.3 Å². The lowest BCUT2D eigenvalue weighted by atomic mass is 10.1. The second-order valence-electron chi connectivity index (χ2n) is 8.05. The van der Waals surface area contributed by atoms with Crippen LogP contribution in [0.1, 0.15) is 26.2 Å². The number of hydrogen-bond donors (Lipinski definition) is 1. The molecule has 4 rings (SSSR count). The molecule has 2 saturated heterocycles. The molecule has 0 aromatic carbocycles. The van der Waals surface area contributed by atoms with Gasteiger partial charge in [-0.05, 0) is 18.9 Å². The molecule has 2 aromatic rings. The topological polar surface area (TPSA) is 153 Å². The highest BCUT2D eigenvalue weighted by atomic mass is 32.2. The van der Waals surface area contributed by atoms with Gasteiger partial charge in [0.2, 0.25) is 5.91 Å². The quantitative estimate of drug-likeness (QED) is 0.431. The maximum absolute atomic E-state index is 13.3. The number of fused-ring (bicyclic) bond motifs is 1. The van der Waals surface area contributed by atoms with Crippen LogP contribution in [0, 0.1) is 5.21 Å². The number of aromatic nitrogens is 1. The van der Waals surface area contributed by atoms with E-state index in [1.54, 1.807) is 0 Å². The first-order valence-corrected chi connectivity index (χ1v) is 12.2. The number of Topliss-reactive ketones (excluding diaryl/α,β-unsaturated/α-hetero) is 1. The molecule has 3 atom stereocenters. The predicted molar refractivity (Wildman–Crippen MR) is 115 cm³/mol. The first kappa shape index (κ1) is 23.7. The molecule has 4 heterocycles. The lowest BCUT2D eigenvalue weighted by Crippen LogP contribution is -2.53. The van der Waals surface area contributed by atoms with E-state index in [0.29, 0.717) is 12.8 Å². The third kappa shape index (κ3) is 4.35. The van der Waals surface area contributed by atoms with E-state index in [1.807, 2.05) is 6.92 Å². The zero-order valence-electron chi connectivity index (χ0n) is 18.3. The molecule has 13 heteroatoms. The van der Waals surface area contributed by atoms with Crippen LogP contribution in [0.2, 0.25) is 0 Å². The number of nitrogens with zero attached hydrogens (tertiary/aromatic N) is 3. The van der Waals surface area contributed by atoms with E-state index in [1.165, 1.54) is 41.7 Å². The van der Waals surface area contributed by atoms with E-state index in [4.69, 9.17) is 9.15 Å². The molecule has 0 aliphatic carbocycles. The maximum atomic E-state index is 13.3. The molecule has 1 N–H and O–H groups in total. The lowest BCUT2D eigenvalue weighted by Gasteiger charge is -2.27. The van der Waals surface area contributed by atoms with Crippen molar-refractivity contribution in [1.82, 2.24) is 14.5 Å². The Morgan fingerprint density at radius 3 is 2.82 bits per heavy atom. The normalized spacial score (nSPS) is 21.3. The highest BCUT2D eigenvalue weighted by Gasteiger charge is 2.55. The second-order valence-corrected chi connectivity index (χ2v) is 9.89. The van der Waals surface area contributed by atoms with E-state index in [-0.39, 0.29) is 23.4 Å². The maximum Gasteiger partial charge on any atom is 0.413 e. The average molecular weight is 493 g/mol. The molecular formula is C21H24N4O8S. The van der Waals surface area contributed by atoms with Gasteiger partial charge < -0.3 is 24.6 Å². The summed E-state index contributed by atoms with van der Waals surface area (Å²) in [5, 5.41) is 14.1. The molecular weight excluding hydrogens is 468 g/mol. The minimum atomic E-state index is -4.26. The number of hydrogen-bond acceptors (Lipinski definition) is 8. The van der Waals surface area contributed by atoms with Crippen molar-refractivity contribution < 1.29 is 36.7 Å². The third-order valence-electron chi connectivity index (χ3n) is 5.90. The molecule has 2 aliphatic rings. The molecule has 182 valence electrons. The Labute approximate surface area is 195 Å². The van der Waals surface area contributed by atoms with Crippen LogP contribution in [-0.4, -0.2) is 66.6 Å². The molecule has 3 unspecified atom stereocenters. The number of likely N-dealkylation sites (tertiary alicyclic amines) is 1. The fourth-order valence-corrected chi connectivity index (χ4v) is 6.06. The molecule has 0 bridgehead atoms. The van der Waals surface area contributed by atoms with Crippen molar-refractivity contribution in [2.75, 3.05) is 13.1 Å². The Bertz CT molecular complexity index is 1180. The molecule has 2 amide bonds. The number of amides is 2. The van der Waals surface area contributed by atoms with Crippen LogP contribution in [0.3, 0.4) is 0 Å². The Balaban J connectivity index is 1.51. The van der Waals surface area contributed by atoms with Crippen molar-refractivity contribution >= 4 is 27.8 Å². The summed E-state index contributed by atoms with van der Waals surface area (Å²) in [6.45, 7) is 1.53. The monoisotopic (exact) mass is 492 g/mol. The molecule has 34 heavy (non-hydrogen) atoms. The number of carbonyl (C=O) groups is 3. The van der Waals surface area contributed by atoms with Gasteiger partial charge in [-0.3, -0.25) is 9.59 Å². The third-order valence-corrected chi connectivity index (χ3v) is 7.76. The van der Waals surface area contributed by atoms with E-state index >= 15 is 0 Å². The molecule has 2 aliphatic heterocycles. The number of pyridine rings is 1. The van der Waals surface area contributed by atoms with Gasteiger partial charge in [-0.15, -0.1) is 0 Å². The summed E-state index contributed by atoms with van der Waals surface area (Å²) in [7, 11) is -4.26. The highest BCUT2D eigenvalue weighted by molar-refractivity contribution is 7.89. The summed E-state index contributed by atoms with van der Waals surface area (Å²) < 4.78 is 37.4. The Morgan fingerprint density at radius 2 is 2.15 bits per heavy atom. The molecule has 0 radical (unpaired) electrons. The van der Waals surface area contributed by atoms with Gasteiger partial charge in [-0.1, -0.05) is 13.3 Å². The number of rotatable bonds is 7. The van der Waals surface area contributed by atoms with E-state index in [9.17, 15) is 28.0 Å². The van der Waals surface area contributed by atoms with Crippen molar-refractivity contribution in [3.05, 3.63) is 48.2 Å². The van der Waals surface area contributed by atoms with Gasteiger partial charge in [0.1, 0.15) is 18.3 Å². The van der Waals surface area contributed by atoms with Gasteiger partial charge in [0, 0.05) is 24.7 Å². The van der Waals surface area contributed by atoms with Gasteiger partial charge in [0.05, 0.1) is 18.8 Å². The lowest BCUT2D eigenvalue weighted by molar-refractivity contribution is -0.646. The standard InChI is InChI=1S/C21H24N4O8S/c1-2-5-15(22-21(28)33-14-8-11-32-13-14)20(27)23-10-7-16-19(23)17(26)12-25(16)34(30,31)18-6-3-4-9-24(18)29/h3-4,6,8-9,11,13,15-16,19H,2,5,7,10,12H2,1H3,(H,22,28). The smallest absolute Gasteiger partial charge is 0.413 e. The molecule has 0 spiro atoms. The van der Waals surface area contributed by atoms with E-state index < -0.39 is 57.5 Å². The number of nitrogens with one attached hydrogen (secondary N) is 1. The number of sulfonamides is 1. The van der Waals surface area contributed by atoms with Crippen LogP contribution in [0.25, 0.3) is 0 Å². The molecule has 2 aromatic heterocycles. The molecule has 2 fully saturated rings. The van der Waals surface area contributed by atoms with Crippen LogP contribution in [0.4, 0.5) is 4.79 Å². The predicted octanol–water partition coefficient (Wildman–Crippen LogP) is 0.413. The zero-order valence-corrected chi connectivity index (χ0v) is 19.1. The SMILES string of the molecule is CCCC(NC(=O)Oc1ccoc1)C(=O)N1CCC2C1C(=O)CN2S(=O)(=O)c1cccc[n+]1[O-]. The van der Waals surface area contributed by atoms with Gasteiger partial charge >= 0.3 is 21.1 Å². The van der Waals surface area contributed by atoms with E-state index in [2.05, 4.69) is 5.32 Å². The highest BCUT2D eigenvalue weighted by Crippen LogP contribution is 2.33. The fourth-order valence-electron chi connectivity index (χ4n) is 4.41. The minimum absolute atomic E-state index is 0.136. The van der Waals surface area contributed by atoms with Crippen LogP contribution in [0.15, 0.2) is 52.4 Å². The summed E-state index contributed by atoms with van der Waals surface area (Å²) in [5.41, 5.74) is 0. The second kappa shape index (κ2) is 9.43. The molecule has 12 nitrogen and oxygen atoms in total. The van der Waals surface area contributed by atoms with Crippen LogP contribution < -0.4 is 14.8 Å². The number of ether oxygens (including phenoxy) is 1. The summed E-state index contributed by atoms with van der Waals surface area (Å²) in [6.07, 6.45) is 3.86. The van der Waals surface area contributed by atoms with Crippen molar-refractivity contribution in [3.8, 4) is 5.75 Å². The van der Waals surface area contributed by atoms with Gasteiger partial charge in [0.15, 0.2) is 17.7 Å². The van der Waals surface area contributed by atoms with Gasteiger partial charge in [-0.2, -0.15) is 9.04 Å². The van der Waals surface area contributed by atoms with Gasteiger partial charge in [0.25, 0.3) is 0 Å². The average Bonchev–Trinajstić information content (AvgIpc) is 3.52. The Morgan fingerprint density at radius 1 is 1.35 bits per heavy atom. The van der Waals surface area contributed by atoms with Crippen molar-refractivity contribution in [2.24, 2.45) is 0 Å². The molecule has 0 saturated carbocycles. The van der Waals surface area contributed by atoms with Crippen molar-refractivity contribution in [1.29, 1.82) is 0 Å². The number of furan rings is 1.